The molecule has 0 spiro atoms. The first-order valence-corrected chi connectivity index (χ1v) is 20.1. The SMILES string of the molecule is CC1(C)c2cc(N(c3ccc(-c4ccccc4)cc3)c3cccc4c3sc3ccccc34)ccc2-c2ccc(C3(C)c4ccccc4-c4ccccc43)cc21. The number of benzene rings is 8. The lowest BCUT2D eigenvalue weighted by Crippen LogP contribution is -2.24. The van der Waals surface area contributed by atoms with Crippen LogP contribution in [0.2, 0.25) is 0 Å². The van der Waals surface area contributed by atoms with Gasteiger partial charge in [-0.15, -0.1) is 11.3 Å². The fourth-order valence-corrected chi connectivity index (χ4v) is 10.9. The van der Waals surface area contributed by atoms with Gasteiger partial charge >= 0.3 is 0 Å². The maximum Gasteiger partial charge on any atom is 0.0640 e. The Labute approximate surface area is 326 Å². The van der Waals surface area contributed by atoms with Crippen LogP contribution in [0, 0.1) is 0 Å². The molecule has 0 N–H and O–H groups in total. The van der Waals surface area contributed by atoms with Gasteiger partial charge in [0.15, 0.2) is 0 Å². The van der Waals surface area contributed by atoms with Crippen molar-refractivity contribution in [2.45, 2.75) is 31.6 Å². The Hall–Kier alpha value is -6.22. The highest BCUT2D eigenvalue weighted by Crippen LogP contribution is 2.56. The molecule has 0 bridgehead atoms. The number of rotatable bonds is 5. The molecule has 2 aliphatic rings. The summed E-state index contributed by atoms with van der Waals surface area (Å²) in [7, 11) is 0. The largest absolute Gasteiger partial charge is 0.309 e. The smallest absolute Gasteiger partial charge is 0.0640 e. The number of fused-ring (bicyclic) bond motifs is 9. The molecule has 0 saturated carbocycles. The predicted molar refractivity (Wildman–Crippen MR) is 234 cm³/mol. The van der Waals surface area contributed by atoms with Crippen molar-refractivity contribution in [2.24, 2.45) is 0 Å². The van der Waals surface area contributed by atoms with Crippen molar-refractivity contribution in [2.75, 3.05) is 4.90 Å². The summed E-state index contributed by atoms with van der Waals surface area (Å²) in [5.74, 6) is 0. The second-order valence-electron chi connectivity index (χ2n) is 15.8. The van der Waals surface area contributed by atoms with Crippen LogP contribution in [-0.4, -0.2) is 0 Å². The number of thiophene rings is 1. The molecule has 0 saturated heterocycles. The first kappa shape index (κ1) is 32.2. The number of hydrogen-bond donors (Lipinski definition) is 0. The third kappa shape index (κ3) is 4.65. The van der Waals surface area contributed by atoms with Crippen molar-refractivity contribution in [3.05, 3.63) is 210 Å². The number of hydrogen-bond acceptors (Lipinski definition) is 2. The Kier molecular flexibility index (Phi) is 6.97. The molecule has 0 amide bonds. The molecule has 1 heterocycles. The number of nitrogens with zero attached hydrogens (tertiary/aromatic N) is 1. The molecule has 0 aliphatic heterocycles. The van der Waals surface area contributed by atoms with Gasteiger partial charge in [-0.1, -0.05) is 159 Å². The van der Waals surface area contributed by atoms with Gasteiger partial charge in [0, 0.05) is 37.7 Å². The summed E-state index contributed by atoms with van der Waals surface area (Å²) in [5.41, 5.74) is 17.8. The number of anilines is 3. The lowest BCUT2D eigenvalue weighted by molar-refractivity contribution is 0.652. The van der Waals surface area contributed by atoms with Crippen molar-refractivity contribution in [3.63, 3.8) is 0 Å². The lowest BCUT2D eigenvalue weighted by Gasteiger charge is -2.31. The minimum absolute atomic E-state index is 0.197. The van der Waals surface area contributed by atoms with Crippen LogP contribution in [0.15, 0.2) is 182 Å². The highest BCUT2D eigenvalue weighted by atomic mass is 32.1. The summed E-state index contributed by atoms with van der Waals surface area (Å²) < 4.78 is 2.61. The van der Waals surface area contributed by atoms with Gasteiger partial charge in [0.2, 0.25) is 0 Å². The molecule has 1 nitrogen and oxygen atoms in total. The maximum absolute atomic E-state index is 2.52. The van der Waals surface area contributed by atoms with Gasteiger partial charge in [-0.3, -0.25) is 0 Å². The molecule has 262 valence electrons. The predicted octanol–water partition coefficient (Wildman–Crippen LogP) is 14.8. The molecular formula is C53H39NS. The summed E-state index contributed by atoms with van der Waals surface area (Å²) in [5, 5.41) is 2.61. The molecule has 9 aromatic rings. The average molecular weight is 722 g/mol. The van der Waals surface area contributed by atoms with Gasteiger partial charge in [-0.25, -0.2) is 0 Å². The quantitative estimate of drug-likeness (QED) is 0.171. The fourth-order valence-electron chi connectivity index (χ4n) is 9.71. The van der Waals surface area contributed by atoms with Crippen LogP contribution in [0.4, 0.5) is 17.1 Å². The molecule has 0 unspecified atom stereocenters. The standard InChI is InChI=1S/C53H39NS/c1-52(2)47-32-36(53(3)45-20-10-7-16-39(45)40-17-8-11-21-46(40)53)26-30-41(47)42-31-29-38(33-48(42)52)54(37-27-24-35(25-28-37)34-14-5-4-6-15-34)49-22-13-19-44-43-18-9-12-23-50(43)55-51(44)49/h4-33H,1-3H3. The van der Waals surface area contributed by atoms with Crippen LogP contribution in [-0.2, 0) is 10.8 Å². The van der Waals surface area contributed by atoms with E-state index in [4.69, 9.17) is 0 Å². The summed E-state index contributed by atoms with van der Waals surface area (Å²) >= 11 is 1.88. The zero-order valence-corrected chi connectivity index (χ0v) is 32.0. The Balaban J connectivity index is 1.06. The first-order valence-electron chi connectivity index (χ1n) is 19.3. The van der Waals surface area contributed by atoms with Crippen molar-refractivity contribution >= 4 is 48.6 Å². The zero-order valence-electron chi connectivity index (χ0n) is 31.2. The van der Waals surface area contributed by atoms with Gasteiger partial charge in [-0.2, -0.15) is 0 Å². The normalized spacial score (nSPS) is 14.4. The van der Waals surface area contributed by atoms with Gasteiger partial charge in [0.25, 0.3) is 0 Å². The molecule has 0 fully saturated rings. The van der Waals surface area contributed by atoms with E-state index >= 15 is 0 Å². The monoisotopic (exact) mass is 721 g/mol. The Morgan fingerprint density at radius 1 is 0.418 bits per heavy atom. The molecule has 0 radical (unpaired) electrons. The minimum Gasteiger partial charge on any atom is -0.309 e. The van der Waals surface area contributed by atoms with E-state index in [9.17, 15) is 0 Å². The van der Waals surface area contributed by atoms with Crippen molar-refractivity contribution < 1.29 is 0 Å². The molecular weight excluding hydrogens is 683 g/mol. The molecule has 55 heavy (non-hydrogen) atoms. The van der Waals surface area contributed by atoms with Crippen molar-refractivity contribution in [1.82, 2.24) is 0 Å². The van der Waals surface area contributed by atoms with E-state index in [-0.39, 0.29) is 10.8 Å². The Morgan fingerprint density at radius 2 is 0.982 bits per heavy atom. The average Bonchev–Trinajstić information content (AvgIpc) is 3.83. The molecule has 2 aliphatic carbocycles. The Morgan fingerprint density at radius 3 is 1.73 bits per heavy atom. The minimum atomic E-state index is -0.232. The molecule has 2 heteroatoms. The summed E-state index contributed by atoms with van der Waals surface area (Å²) in [6, 6.07) is 67.7. The van der Waals surface area contributed by atoms with Crippen molar-refractivity contribution in [1.29, 1.82) is 0 Å². The Bertz CT molecular complexity index is 2920. The van der Waals surface area contributed by atoms with Crippen LogP contribution < -0.4 is 4.90 Å². The van der Waals surface area contributed by atoms with E-state index < -0.39 is 0 Å². The fraction of sp³-hybridized carbons (Fsp3) is 0.0943. The highest BCUT2D eigenvalue weighted by molar-refractivity contribution is 7.26. The van der Waals surface area contributed by atoms with E-state index in [0.717, 1.165) is 5.69 Å². The first-order chi connectivity index (χ1) is 26.9. The second kappa shape index (κ2) is 11.9. The molecule has 1 aromatic heterocycles. The van der Waals surface area contributed by atoms with E-state index in [1.165, 1.54) is 92.7 Å². The second-order valence-corrected chi connectivity index (χ2v) is 16.9. The van der Waals surface area contributed by atoms with E-state index in [0.29, 0.717) is 0 Å². The van der Waals surface area contributed by atoms with Crippen LogP contribution in [0.1, 0.15) is 48.6 Å². The van der Waals surface area contributed by atoms with Gasteiger partial charge in [0.1, 0.15) is 0 Å². The van der Waals surface area contributed by atoms with Crippen LogP contribution >= 0.6 is 11.3 Å². The molecule has 11 rings (SSSR count). The third-order valence-electron chi connectivity index (χ3n) is 12.6. The van der Waals surface area contributed by atoms with Crippen LogP contribution in [0.3, 0.4) is 0 Å². The van der Waals surface area contributed by atoms with E-state index in [1.807, 2.05) is 11.3 Å². The lowest BCUT2D eigenvalue weighted by atomic mass is 9.72. The summed E-state index contributed by atoms with van der Waals surface area (Å²) in [6.45, 7) is 7.24. The summed E-state index contributed by atoms with van der Waals surface area (Å²) in [4.78, 5) is 2.48. The van der Waals surface area contributed by atoms with Crippen LogP contribution in [0.5, 0.6) is 0 Å². The molecule has 0 atom stereocenters. The van der Waals surface area contributed by atoms with Gasteiger partial charge in [0.05, 0.1) is 10.4 Å². The van der Waals surface area contributed by atoms with Gasteiger partial charge in [-0.05, 0) is 105 Å². The third-order valence-corrected chi connectivity index (χ3v) is 13.8. The van der Waals surface area contributed by atoms with E-state index in [2.05, 4.69) is 208 Å². The van der Waals surface area contributed by atoms with Gasteiger partial charge < -0.3 is 4.90 Å². The topological polar surface area (TPSA) is 3.24 Å². The van der Waals surface area contributed by atoms with E-state index in [1.54, 1.807) is 0 Å². The van der Waals surface area contributed by atoms with Crippen molar-refractivity contribution in [3.8, 4) is 33.4 Å². The maximum atomic E-state index is 2.52. The highest BCUT2D eigenvalue weighted by Gasteiger charge is 2.43. The summed E-state index contributed by atoms with van der Waals surface area (Å²) in [6.07, 6.45) is 0. The molecule has 8 aromatic carbocycles. The zero-order chi connectivity index (χ0) is 36.9. The van der Waals surface area contributed by atoms with Crippen LogP contribution in [0.25, 0.3) is 53.6 Å².